The zero-order valence-corrected chi connectivity index (χ0v) is 35.8. The van der Waals surface area contributed by atoms with Gasteiger partial charge in [-0.1, -0.05) is 60.7 Å². The van der Waals surface area contributed by atoms with Gasteiger partial charge < -0.3 is 59.7 Å². The molecule has 18 nitrogen and oxygen atoms in total. The lowest BCUT2D eigenvalue weighted by molar-refractivity contribution is -0.156. The highest BCUT2D eigenvalue weighted by atomic mass is 16.6. The van der Waals surface area contributed by atoms with Gasteiger partial charge in [0.2, 0.25) is 17.7 Å². The van der Waals surface area contributed by atoms with Crippen molar-refractivity contribution in [2.24, 2.45) is 0 Å². The molecule has 2 aromatic carbocycles. The van der Waals surface area contributed by atoms with Crippen LogP contribution in [0.25, 0.3) is 0 Å². The van der Waals surface area contributed by atoms with Gasteiger partial charge in [-0.05, 0) is 57.6 Å². The minimum atomic E-state index is -0.623. The molecule has 0 spiro atoms. The van der Waals surface area contributed by atoms with Crippen molar-refractivity contribution >= 4 is 35.9 Å². The van der Waals surface area contributed by atoms with Gasteiger partial charge in [0, 0.05) is 26.1 Å². The van der Waals surface area contributed by atoms with Gasteiger partial charge in [-0.25, -0.2) is 9.59 Å². The molecule has 1 atom stereocenters. The maximum absolute atomic E-state index is 12.6. The van der Waals surface area contributed by atoms with E-state index in [1.54, 1.807) is 0 Å². The molecule has 0 aliphatic carbocycles. The van der Waals surface area contributed by atoms with E-state index in [-0.39, 0.29) is 70.7 Å². The summed E-state index contributed by atoms with van der Waals surface area (Å²) in [5, 5.41) is 12.9. The largest absolute Gasteiger partial charge is 0.460 e. The Morgan fingerprint density at radius 2 is 1.08 bits per heavy atom. The lowest BCUT2D eigenvalue weighted by Crippen LogP contribution is -2.42. The first-order valence-electron chi connectivity index (χ1n) is 20.7. The topological polar surface area (TPSA) is 227 Å². The Bertz CT molecular complexity index is 1540. The predicted octanol–water partition coefficient (Wildman–Crippen LogP) is 3.48. The Morgan fingerprint density at radius 3 is 1.72 bits per heavy atom. The van der Waals surface area contributed by atoms with E-state index in [1.165, 1.54) is 0 Å². The number of benzene rings is 2. The third-order valence-electron chi connectivity index (χ3n) is 8.09. The second-order valence-corrected chi connectivity index (χ2v) is 14.5. The zero-order valence-electron chi connectivity index (χ0n) is 35.8. The van der Waals surface area contributed by atoms with Gasteiger partial charge >= 0.3 is 18.2 Å². The molecule has 2 aromatic rings. The summed E-state index contributed by atoms with van der Waals surface area (Å²) in [5.41, 5.74) is 1.22. The molecule has 61 heavy (non-hydrogen) atoms. The summed E-state index contributed by atoms with van der Waals surface area (Å²) in [7, 11) is 0. The van der Waals surface area contributed by atoms with E-state index in [4.69, 9.17) is 33.2 Å². The molecule has 2 rings (SSSR count). The van der Waals surface area contributed by atoms with Crippen molar-refractivity contribution in [3.05, 3.63) is 71.8 Å². The van der Waals surface area contributed by atoms with Crippen LogP contribution in [0.3, 0.4) is 0 Å². The summed E-state index contributed by atoms with van der Waals surface area (Å²) >= 11 is 0. The molecule has 0 heterocycles. The Morgan fingerprint density at radius 1 is 0.541 bits per heavy atom. The van der Waals surface area contributed by atoms with E-state index in [0.717, 1.165) is 11.1 Å². The lowest BCUT2D eigenvalue weighted by Gasteiger charge is -2.19. The monoisotopic (exact) mass is 859 g/mol. The SMILES string of the molecule is CC(C)(C)OC(=O)CCOCCOCCOCCOCCNC(=O)CNC(=O)CNC(=O)CCCNC(=O)OC(CCCCNC(=O)OCc1ccccc1)c1ccccc1. The van der Waals surface area contributed by atoms with Crippen LogP contribution in [0.5, 0.6) is 0 Å². The molecule has 5 N–H and O–H groups in total. The van der Waals surface area contributed by atoms with Crippen LogP contribution >= 0.6 is 0 Å². The number of carbonyl (C=O) groups excluding carboxylic acids is 6. The molecule has 0 aromatic heterocycles. The third kappa shape index (κ3) is 29.6. The molecule has 0 aliphatic heterocycles. The number of esters is 1. The highest BCUT2D eigenvalue weighted by Crippen LogP contribution is 2.23. The van der Waals surface area contributed by atoms with E-state index in [0.29, 0.717) is 71.9 Å². The van der Waals surface area contributed by atoms with E-state index in [1.807, 2.05) is 81.4 Å². The van der Waals surface area contributed by atoms with Crippen LogP contribution in [-0.2, 0) is 58.9 Å². The van der Waals surface area contributed by atoms with Crippen LogP contribution in [0.1, 0.15) is 76.5 Å². The van der Waals surface area contributed by atoms with Gasteiger partial charge in [-0.2, -0.15) is 0 Å². The Hall–Kier alpha value is -5.30. The molecule has 0 fully saturated rings. The van der Waals surface area contributed by atoms with Crippen LogP contribution in [0, 0.1) is 0 Å². The lowest BCUT2D eigenvalue weighted by atomic mass is 10.0. The van der Waals surface area contributed by atoms with Crippen LogP contribution in [0.15, 0.2) is 60.7 Å². The van der Waals surface area contributed by atoms with Crippen molar-refractivity contribution in [3.8, 4) is 0 Å². The summed E-state index contributed by atoms with van der Waals surface area (Å²) in [6, 6.07) is 18.7. The first-order valence-corrected chi connectivity index (χ1v) is 20.7. The van der Waals surface area contributed by atoms with Crippen LogP contribution in [0.4, 0.5) is 9.59 Å². The van der Waals surface area contributed by atoms with Crippen LogP contribution in [0.2, 0.25) is 0 Å². The molecule has 0 radical (unpaired) electrons. The highest BCUT2D eigenvalue weighted by molar-refractivity contribution is 5.88. The summed E-state index contributed by atoms with van der Waals surface area (Å²) in [4.78, 5) is 72.5. The average molecular weight is 860 g/mol. The maximum atomic E-state index is 12.6. The number of hydrogen-bond donors (Lipinski definition) is 5. The zero-order chi connectivity index (χ0) is 44.4. The average Bonchev–Trinajstić information content (AvgIpc) is 3.23. The van der Waals surface area contributed by atoms with Crippen molar-refractivity contribution in [1.29, 1.82) is 0 Å². The van der Waals surface area contributed by atoms with Crippen molar-refractivity contribution in [1.82, 2.24) is 26.6 Å². The van der Waals surface area contributed by atoms with Crippen molar-refractivity contribution in [2.45, 2.75) is 77.6 Å². The molecular weight excluding hydrogens is 794 g/mol. The summed E-state index contributed by atoms with van der Waals surface area (Å²) in [6.07, 6.45) is 0.804. The predicted molar refractivity (Wildman–Crippen MR) is 224 cm³/mol. The summed E-state index contributed by atoms with van der Waals surface area (Å²) in [5.74, 6) is -1.63. The Balaban J connectivity index is 1.43. The second-order valence-electron chi connectivity index (χ2n) is 14.5. The minimum absolute atomic E-state index is 0.0606. The molecule has 0 bridgehead atoms. The fraction of sp³-hybridized carbons (Fsp3) is 0.581. The number of rotatable bonds is 32. The van der Waals surface area contributed by atoms with Crippen molar-refractivity contribution in [2.75, 3.05) is 85.6 Å². The summed E-state index contributed by atoms with van der Waals surface area (Å²) < 4.78 is 37.7. The fourth-order valence-electron chi connectivity index (χ4n) is 5.13. The van der Waals surface area contributed by atoms with Gasteiger partial charge in [0.1, 0.15) is 18.3 Å². The highest BCUT2D eigenvalue weighted by Gasteiger charge is 2.18. The van der Waals surface area contributed by atoms with E-state index in [2.05, 4.69) is 26.6 Å². The number of carbonyl (C=O) groups is 6. The van der Waals surface area contributed by atoms with E-state index in [9.17, 15) is 28.8 Å². The normalized spacial score (nSPS) is 11.5. The van der Waals surface area contributed by atoms with Gasteiger partial charge in [0.15, 0.2) is 0 Å². The molecule has 0 saturated carbocycles. The molecule has 0 aliphatic rings. The number of alkyl carbamates (subject to hydrolysis) is 2. The Labute approximate surface area is 358 Å². The van der Waals surface area contributed by atoms with Crippen LogP contribution in [-0.4, -0.2) is 127 Å². The number of unbranched alkanes of at least 4 members (excludes halogenated alkanes) is 1. The van der Waals surface area contributed by atoms with E-state index >= 15 is 0 Å². The van der Waals surface area contributed by atoms with Gasteiger partial charge in [0.05, 0.1) is 72.4 Å². The first-order chi connectivity index (χ1) is 29.4. The molecule has 18 heteroatoms. The number of amides is 5. The van der Waals surface area contributed by atoms with Gasteiger partial charge in [-0.3, -0.25) is 19.2 Å². The van der Waals surface area contributed by atoms with E-state index < -0.39 is 35.7 Å². The molecule has 0 saturated heterocycles. The first kappa shape index (κ1) is 51.8. The number of nitrogens with one attached hydrogen (secondary N) is 5. The quantitative estimate of drug-likeness (QED) is 0.0404. The van der Waals surface area contributed by atoms with Gasteiger partial charge in [-0.15, -0.1) is 0 Å². The third-order valence-corrected chi connectivity index (χ3v) is 8.09. The van der Waals surface area contributed by atoms with Crippen molar-refractivity contribution in [3.63, 3.8) is 0 Å². The summed E-state index contributed by atoms with van der Waals surface area (Å²) in [6.45, 7) is 8.59. The molecule has 5 amide bonds. The Kier molecular flexibility index (Phi) is 27.6. The molecule has 340 valence electrons. The smallest absolute Gasteiger partial charge is 0.407 e. The molecular formula is C43H65N5O13. The maximum Gasteiger partial charge on any atom is 0.407 e. The number of hydrogen-bond acceptors (Lipinski definition) is 13. The fourth-order valence-corrected chi connectivity index (χ4v) is 5.13. The minimum Gasteiger partial charge on any atom is -0.460 e. The van der Waals surface area contributed by atoms with Crippen molar-refractivity contribution < 1.29 is 61.9 Å². The second kappa shape index (κ2) is 32.5. The van der Waals surface area contributed by atoms with Crippen LogP contribution < -0.4 is 26.6 Å². The van der Waals surface area contributed by atoms with Gasteiger partial charge in [0.25, 0.3) is 0 Å². The molecule has 1 unspecified atom stereocenters. The standard InChI is InChI=1S/C43H65N5O13/c1-43(2,3)61-40(52)19-23-55-25-27-57-29-30-58-28-26-56-24-22-44-38(50)31-48-39(51)32-47-37(49)18-12-21-46-42(54)60-36(35-15-8-5-9-16-35)17-10-11-20-45-41(53)59-33-34-13-6-4-7-14-34/h4-9,13-16,36H,10-12,17-33H2,1-3H3,(H,44,50)(H,45,53)(H,46,54)(H,47,49)(H,48,51). The number of ether oxygens (including phenoxy) is 7.